The van der Waals surface area contributed by atoms with Crippen LogP contribution in [0, 0.1) is 13.8 Å². The molecule has 0 saturated heterocycles. The van der Waals surface area contributed by atoms with E-state index in [0.717, 1.165) is 42.0 Å². The lowest BCUT2D eigenvalue weighted by Crippen LogP contribution is -2.35. The van der Waals surface area contributed by atoms with E-state index in [0.29, 0.717) is 0 Å². The zero-order chi connectivity index (χ0) is 14.3. The summed E-state index contributed by atoms with van der Waals surface area (Å²) in [7, 11) is 2.01. The smallest absolute Gasteiger partial charge is 0.260 e. The highest BCUT2D eigenvalue weighted by Gasteiger charge is 2.25. The lowest BCUT2D eigenvalue weighted by atomic mass is 10.0. The molecule has 1 amide bonds. The van der Waals surface area contributed by atoms with Crippen molar-refractivity contribution in [1.82, 2.24) is 4.57 Å². The summed E-state index contributed by atoms with van der Waals surface area (Å²) >= 11 is 0. The van der Waals surface area contributed by atoms with Crippen molar-refractivity contribution in [3.63, 3.8) is 0 Å². The number of aryl methyl sites for hydroxylation is 2. The van der Waals surface area contributed by atoms with Crippen LogP contribution in [0.1, 0.15) is 33.7 Å². The third-order valence-electron chi connectivity index (χ3n) is 4.36. The van der Waals surface area contributed by atoms with Gasteiger partial charge in [-0.1, -0.05) is 18.2 Å². The fourth-order valence-electron chi connectivity index (χ4n) is 2.96. The maximum Gasteiger partial charge on any atom is 0.260 e. The Kier molecular flexibility index (Phi) is 3.13. The second-order valence-electron chi connectivity index (χ2n) is 5.53. The summed E-state index contributed by atoms with van der Waals surface area (Å²) in [5, 5.41) is 0. The Morgan fingerprint density at radius 1 is 1.20 bits per heavy atom. The molecule has 3 rings (SSSR count). The van der Waals surface area contributed by atoms with Crippen LogP contribution in [0.2, 0.25) is 0 Å². The summed E-state index contributed by atoms with van der Waals surface area (Å²) < 4.78 is 2.07. The molecule has 2 heterocycles. The van der Waals surface area contributed by atoms with E-state index in [4.69, 9.17) is 0 Å². The molecule has 0 aliphatic carbocycles. The van der Waals surface area contributed by atoms with Crippen molar-refractivity contribution < 1.29 is 4.79 Å². The molecule has 3 nitrogen and oxygen atoms in total. The number of anilines is 1. The van der Waals surface area contributed by atoms with Gasteiger partial charge in [-0.3, -0.25) is 4.79 Å². The lowest BCUT2D eigenvalue weighted by Gasteiger charge is -2.29. The van der Waals surface area contributed by atoms with Gasteiger partial charge in [0.25, 0.3) is 5.91 Å². The first-order valence-electron chi connectivity index (χ1n) is 7.12. The van der Waals surface area contributed by atoms with Gasteiger partial charge in [-0.05, 0) is 44.4 Å². The number of amides is 1. The summed E-state index contributed by atoms with van der Waals surface area (Å²) in [6.45, 7) is 4.85. The van der Waals surface area contributed by atoms with E-state index < -0.39 is 0 Å². The van der Waals surface area contributed by atoms with Gasteiger partial charge in [0.05, 0.1) is 5.56 Å². The van der Waals surface area contributed by atoms with Gasteiger partial charge in [-0.2, -0.15) is 0 Å². The van der Waals surface area contributed by atoms with Crippen LogP contribution >= 0.6 is 0 Å². The molecule has 3 heteroatoms. The first kappa shape index (κ1) is 13.0. The molecular formula is C17H20N2O. The van der Waals surface area contributed by atoms with Crippen LogP contribution in [0.3, 0.4) is 0 Å². The van der Waals surface area contributed by atoms with Crippen molar-refractivity contribution in [2.75, 3.05) is 11.4 Å². The van der Waals surface area contributed by atoms with Crippen molar-refractivity contribution in [3.05, 3.63) is 52.8 Å². The maximum atomic E-state index is 12.9. The predicted octanol–water partition coefficient (Wildman–Crippen LogP) is 3.23. The molecule has 0 saturated carbocycles. The highest BCUT2D eigenvalue weighted by molar-refractivity contribution is 6.07. The molecule has 2 aromatic rings. The lowest BCUT2D eigenvalue weighted by molar-refractivity contribution is 0.0984. The molecule has 0 N–H and O–H groups in total. The van der Waals surface area contributed by atoms with Crippen LogP contribution in [0.5, 0.6) is 0 Å². The van der Waals surface area contributed by atoms with E-state index in [-0.39, 0.29) is 5.91 Å². The molecule has 1 aromatic heterocycles. The van der Waals surface area contributed by atoms with Crippen LogP contribution in [0.4, 0.5) is 5.69 Å². The van der Waals surface area contributed by atoms with Gasteiger partial charge in [0.2, 0.25) is 0 Å². The van der Waals surface area contributed by atoms with E-state index in [1.54, 1.807) is 0 Å². The number of hydrogen-bond acceptors (Lipinski definition) is 1. The molecule has 0 unspecified atom stereocenters. The van der Waals surface area contributed by atoms with Crippen molar-refractivity contribution in [3.8, 4) is 0 Å². The first-order chi connectivity index (χ1) is 9.59. The molecular weight excluding hydrogens is 248 g/mol. The fourth-order valence-corrected chi connectivity index (χ4v) is 2.96. The zero-order valence-corrected chi connectivity index (χ0v) is 12.3. The predicted molar refractivity (Wildman–Crippen MR) is 81.3 cm³/mol. The van der Waals surface area contributed by atoms with Gasteiger partial charge in [0.1, 0.15) is 0 Å². The Bertz CT molecular complexity index is 670. The van der Waals surface area contributed by atoms with Crippen molar-refractivity contribution >= 4 is 11.6 Å². The Morgan fingerprint density at radius 3 is 2.65 bits per heavy atom. The minimum absolute atomic E-state index is 0.123. The average Bonchev–Trinajstić information content (AvgIpc) is 2.73. The molecule has 0 spiro atoms. The standard InChI is InChI=1S/C17H20N2O/c1-12-11-15(13(2)18(12)3)17(20)19-10-6-8-14-7-4-5-9-16(14)19/h4-5,7,9,11H,6,8,10H2,1-3H3. The molecule has 104 valence electrons. The minimum Gasteiger partial charge on any atom is -0.351 e. The highest BCUT2D eigenvalue weighted by atomic mass is 16.2. The molecule has 0 radical (unpaired) electrons. The normalized spacial score (nSPS) is 14.2. The Balaban J connectivity index is 2.02. The second-order valence-corrected chi connectivity index (χ2v) is 5.53. The third-order valence-corrected chi connectivity index (χ3v) is 4.36. The van der Waals surface area contributed by atoms with Gasteiger partial charge >= 0.3 is 0 Å². The van der Waals surface area contributed by atoms with Crippen LogP contribution in [0.15, 0.2) is 30.3 Å². The maximum absolute atomic E-state index is 12.9. The SMILES string of the molecule is Cc1cc(C(=O)N2CCCc3ccccc32)c(C)n1C. The number of fused-ring (bicyclic) bond motifs is 1. The fraction of sp³-hybridized carbons (Fsp3) is 0.353. The second kappa shape index (κ2) is 4.82. The van der Waals surface area contributed by atoms with Gasteiger partial charge < -0.3 is 9.47 Å². The van der Waals surface area contributed by atoms with Crippen molar-refractivity contribution in [2.45, 2.75) is 26.7 Å². The average molecular weight is 268 g/mol. The number of para-hydroxylation sites is 1. The number of carbonyl (C=O) groups is 1. The number of rotatable bonds is 1. The zero-order valence-electron chi connectivity index (χ0n) is 12.3. The van der Waals surface area contributed by atoms with Crippen molar-refractivity contribution in [1.29, 1.82) is 0 Å². The van der Waals surface area contributed by atoms with Crippen LogP contribution < -0.4 is 4.90 Å². The number of hydrogen-bond donors (Lipinski definition) is 0. The Labute approximate surface area is 119 Å². The first-order valence-corrected chi connectivity index (χ1v) is 7.12. The summed E-state index contributed by atoms with van der Waals surface area (Å²) in [6.07, 6.45) is 2.10. The van der Waals surface area contributed by atoms with Gasteiger partial charge in [0.15, 0.2) is 0 Å². The van der Waals surface area contributed by atoms with E-state index in [1.165, 1.54) is 5.56 Å². The number of benzene rings is 1. The summed E-state index contributed by atoms with van der Waals surface area (Å²) in [5.41, 5.74) is 5.33. The monoisotopic (exact) mass is 268 g/mol. The van der Waals surface area contributed by atoms with E-state index in [1.807, 2.05) is 44.0 Å². The molecule has 1 aromatic carbocycles. The molecule has 20 heavy (non-hydrogen) atoms. The van der Waals surface area contributed by atoms with Crippen LogP contribution in [-0.4, -0.2) is 17.0 Å². The Hall–Kier alpha value is -2.03. The largest absolute Gasteiger partial charge is 0.351 e. The third kappa shape index (κ3) is 1.94. The number of nitrogens with zero attached hydrogens (tertiary/aromatic N) is 2. The summed E-state index contributed by atoms with van der Waals surface area (Å²) in [4.78, 5) is 14.8. The number of carbonyl (C=O) groups excluding carboxylic acids is 1. The highest BCUT2D eigenvalue weighted by Crippen LogP contribution is 2.29. The van der Waals surface area contributed by atoms with Gasteiger partial charge in [0, 0.05) is 30.7 Å². The molecule has 1 aliphatic heterocycles. The van der Waals surface area contributed by atoms with Crippen molar-refractivity contribution in [2.24, 2.45) is 7.05 Å². The minimum atomic E-state index is 0.123. The van der Waals surface area contributed by atoms with Gasteiger partial charge in [-0.15, -0.1) is 0 Å². The number of aromatic nitrogens is 1. The molecule has 0 bridgehead atoms. The van der Waals surface area contributed by atoms with E-state index in [9.17, 15) is 4.79 Å². The van der Waals surface area contributed by atoms with E-state index in [2.05, 4.69) is 16.7 Å². The molecule has 1 aliphatic rings. The topological polar surface area (TPSA) is 25.2 Å². The quantitative estimate of drug-likeness (QED) is 0.779. The van der Waals surface area contributed by atoms with E-state index >= 15 is 0 Å². The van der Waals surface area contributed by atoms with Gasteiger partial charge in [-0.25, -0.2) is 0 Å². The van der Waals surface area contributed by atoms with Crippen LogP contribution in [-0.2, 0) is 13.5 Å². The van der Waals surface area contributed by atoms with Crippen LogP contribution in [0.25, 0.3) is 0 Å². The Morgan fingerprint density at radius 2 is 1.95 bits per heavy atom. The summed E-state index contributed by atoms with van der Waals surface area (Å²) in [6, 6.07) is 10.2. The molecule has 0 atom stereocenters. The molecule has 0 fully saturated rings. The summed E-state index contributed by atoms with van der Waals surface area (Å²) in [5.74, 6) is 0.123.